The number of amides is 2. The minimum Gasteiger partial charge on any atom is -0.367 e. The highest BCUT2D eigenvalue weighted by molar-refractivity contribution is 5.84. The maximum atomic E-state index is 11.6. The van der Waals surface area contributed by atoms with Gasteiger partial charge in [-0.2, -0.15) is 0 Å². The third kappa shape index (κ3) is 4.04. The fraction of sp³-hybridized carbons (Fsp3) is 0.600. The average Bonchev–Trinajstić information content (AvgIpc) is 2.73. The van der Waals surface area contributed by atoms with Gasteiger partial charge >= 0.3 is 0 Å². The van der Waals surface area contributed by atoms with Gasteiger partial charge in [0.25, 0.3) is 0 Å². The molecule has 1 aromatic rings. The fourth-order valence-electron chi connectivity index (χ4n) is 1.45. The first-order chi connectivity index (χ1) is 8.56. The lowest BCUT2D eigenvalue weighted by Gasteiger charge is -2.18. The van der Waals surface area contributed by atoms with E-state index in [0.29, 0.717) is 13.1 Å². The summed E-state index contributed by atoms with van der Waals surface area (Å²) in [4.78, 5) is 28.5. The molecule has 0 spiro atoms. The standard InChI is InChI=1S/C10H18N6O2/c1-3-15(4-2)9(18)5-12-8(17)6-16-7-13-10(11)14-16/h7H,3-6H2,1-2H3,(H2,11,14)(H,12,17). The lowest BCUT2D eigenvalue weighted by atomic mass is 10.4. The van der Waals surface area contributed by atoms with Crippen molar-refractivity contribution in [1.29, 1.82) is 0 Å². The first kappa shape index (κ1) is 13.9. The lowest BCUT2D eigenvalue weighted by molar-refractivity contribution is -0.132. The number of nitrogens with zero attached hydrogens (tertiary/aromatic N) is 4. The minimum atomic E-state index is -0.305. The highest BCUT2D eigenvalue weighted by Gasteiger charge is 2.11. The molecule has 1 rings (SSSR count). The molecule has 1 aromatic heterocycles. The van der Waals surface area contributed by atoms with E-state index in [0.717, 1.165) is 0 Å². The van der Waals surface area contributed by atoms with Gasteiger partial charge in [0.2, 0.25) is 17.8 Å². The Morgan fingerprint density at radius 2 is 2.11 bits per heavy atom. The van der Waals surface area contributed by atoms with Crippen molar-refractivity contribution < 1.29 is 9.59 Å². The Hall–Kier alpha value is -2.12. The lowest BCUT2D eigenvalue weighted by Crippen LogP contribution is -2.40. The van der Waals surface area contributed by atoms with Gasteiger partial charge in [0, 0.05) is 13.1 Å². The summed E-state index contributed by atoms with van der Waals surface area (Å²) in [6, 6.07) is 0. The van der Waals surface area contributed by atoms with Gasteiger partial charge in [-0.25, -0.2) is 9.67 Å². The molecule has 2 amide bonds. The molecule has 0 unspecified atom stereocenters. The molecule has 0 radical (unpaired) electrons. The van der Waals surface area contributed by atoms with Gasteiger partial charge in [-0.15, -0.1) is 5.10 Å². The van der Waals surface area contributed by atoms with Crippen LogP contribution in [-0.4, -0.2) is 51.1 Å². The summed E-state index contributed by atoms with van der Waals surface area (Å²) < 4.78 is 1.31. The van der Waals surface area contributed by atoms with E-state index in [4.69, 9.17) is 5.73 Å². The highest BCUT2D eigenvalue weighted by Crippen LogP contribution is 1.90. The van der Waals surface area contributed by atoms with Crippen LogP contribution in [0.2, 0.25) is 0 Å². The van der Waals surface area contributed by atoms with Crippen molar-refractivity contribution in [3.8, 4) is 0 Å². The molecule has 0 saturated carbocycles. The van der Waals surface area contributed by atoms with Crippen molar-refractivity contribution in [1.82, 2.24) is 25.0 Å². The van der Waals surface area contributed by atoms with Crippen molar-refractivity contribution in [3.63, 3.8) is 0 Å². The number of hydrogen-bond acceptors (Lipinski definition) is 5. The molecule has 0 aliphatic carbocycles. The first-order valence-corrected chi connectivity index (χ1v) is 5.76. The summed E-state index contributed by atoms with van der Waals surface area (Å²) in [5, 5.41) is 6.30. The molecule has 18 heavy (non-hydrogen) atoms. The third-order valence-electron chi connectivity index (χ3n) is 2.41. The summed E-state index contributed by atoms with van der Waals surface area (Å²) in [5.74, 6) is -0.297. The van der Waals surface area contributed by atoms with Crippen LogP contribution < -0.4 is 11.1 Å². The number of likely N-dealkylation sites (N-methyl/N-ethyl adjacent to an activating group) is 1. The number of aromatic nitrogens is 3. The van der Waals surface area contributed by atoms with E-state index < -0.39 is 0 Å². The van der Waals surface area contributed by atoms with Crippen LogP contribution in [0.25, 0.3) is 0 Å². The molecule has 8 nitrogen and oxygen atoms in total. The minimum absolute atomic E-state index is 0.00424. The van der Waals surface area contributed by atoms with Gasteiger partial charge in [-0.05, 0) is 13.8 Å². The van der Waals surface area contributed by atoms with Crippen LogP contribution in [0, 0.1) is 0 Å². The van der Waals surface area contributed by atoms with Gasteiger partial charge in [-0.3, -0.25) is 9.59 Å². The monoisotopic (exact) mass is 254 g/mol. The zero-order valence-electron chi connectivity index (χ0n) is 10.6. The van der Waals surface area contributed by atoms with E-state index in [-0.39, 0.29) is 30.9 Å². The van der Waals surface area contributed by atoms with Crippen LogP contribution in [0.1, 0.15) is 13.8 Å². The molecule has 0 aliphatic heterocycles. The SMILES string of the molecule is CCN(CC)C(=O)CNC(=O)Cn1cnc(N)n1. The number of nitrogens with one attached hydrogen (secondary N) is 1. The van der Waals surface area contributed by atoms with E-state index in [1.165, 1.54) is 11.0 Å². The molecule has 0 saturated heterocycles. The van der Waals surface area contributed by atoms with Crippen molar-refractivity contribution in [2.75, 3.05) is 25.4 Å². The Bertz CT molecular complexity index is 412. The molecule has 0 bridgehead atoms. The predicted octanol–water partition coefficient (Wildman–Crippen LogP) is -1.16. The average molecular weight is 254 g/mol. The van der Waals surface area contributed by atoms with Crippen molar-refractivity contribution in [3.05, 3.63) is 6.33 Å². The van der Waals surface area contributed by atoms with Crippen LogP contribution in [0.15, 0.2) is 6.33 Å². The Labute approximate surface area is 105 Å². The number of anilines is 1. The first-order valence-electron chi connectivity index (χ1n) is 5.76. The highest BCUT2D eigenvalue weighted by atomic mass is 16.2. The molecule has 0 atom stereocenters. The van der Waals surface area contributed by atoms with Crippen molar-refractivity contribution in [2.24, 2.45) is 0 Å². The summed E-state index contributed by atoms with van der Waals surface area (Å²) in [6.45, 7) is 5.03. The molecule has 3 N–H and O–H groups in total. The Balaban J connectivity index is 2.35. The van der Waals surface area contributed by atoms with Crippen LogP contribution in [-0.2, 0) is 16.1 Å². The summed E-state index contributed by atoms with van der Waals surface area (Å²) >= 11 is 0. The zero-order chi connectivity index (χ0) is 13.5. The number of nitrogens with two attached hydrogens (primary N) is 1. The van der Waals surface area contributed by atoms with E-state index >= 15 is 0 Å². The van der Waals surface area contributed by atoms with Gasteiger partial charge < -0.3 is 16.0 Å². The molecular formula is C10H18N6O2. The molecule has 8 heteroatoms. The Morgan fingerprint density at radius 3 is 2.61 bits per heavy atom. The van der Waals surface area contributed by atoms with Crippen LogP contribution in [0.3, 0.4) is 0 Å². The van der Waals surface area contributed by atoms with Crippen molar-refractivity contribution >= 4 is 17.8 Å². The second-order valence-electron chi connectivity index (χ2n) is 3.64. The van der Waals surface area contributed by atoms with E-state index in [9.17, 15) is 9.59 Å². The zero-order valence-corrected chi connectivity index (χ0v) is 10.6. The molecule has 100 valence electrons. The maximum Gasteiger partial charge on any atom is 0.242 e. The number of rotatable bonds is 6. The van der Waals surface area contributed by atoms with Gasteiger partial charge in [0.15, 0.2) is 0 Å². The largest absolute Gasteiger partial charge is 0.367 e. The van der Waals surface area contributed by atoms with Gasteiger partial charge in [-0.1, -0.05) is 0 Å². The Kier molecular flexibility index (Phi) is 5.09. The fourth-order valence-corrected chi connectivity index (χ4v) is 1.45. The smallest absolute Gasteiger partial charge is 0.242 e. The summed E-state index contributed by atoms with van der Waals surface area (Å²) in [6.07, 6.45) is 1.36. The quantitative estimate of drug-likeness (QED) is 0.666. The topological polar surface area (TPSA) is 106 Å². The normalized spacial score (nSPS) is 10.1. The maximum absolute atomic E-state index is 11.6. The third-order valence-corrected chi connectivity index (χ3v) is 2.41. The number of nitrogen functional groups attached to an aromatic ring is 1. The van der Waals surface area contributed by atoms with Crippen LogP contribution >= 0.6 is 0 Å². The second-order valence-corrected chi connectivity index (χ2v) is 3.64. The molecule has 1 heterocycles. The number of carbonyl (C=O) groups is 2. The molecule has 0 aromatic carbocycles. The number of hydrogen-bond donors (Lipinski definition) is 2. The molecular weight excluding hydrogens is 236 g/mol. The molecule has 0 fully saturated rings. The van der Waals surface area contributed by atoms with Gasteiger partial charge in [0.05, 0.1) is 6.54 Å². The Morgan fingerprint density at radius 1 is 1.44 bits per heavy atom. The van der Waals surface area contributed by atoms with Crippen molar-refractivity contribution in [2.45, 2.75) is 20.4 Å². The van der Waals surface area contributed by atoms with E-state index in [2.05, 4.69) is 15.4 Å². The predicted molar refractivity (Wildman–Crippen MR) is 65.4 cm³/mol. The van der Waals surface area contributed by atoms with Gasteiger partial charge in [0.1, 0.15) is 12.9 Å². The summed E-state index contributed by atoms with van der Waals surface area (Å²) in [5.41, 5.74) is 5.32. The summed E-state index contributed by atoms with van der Waals surface area (Å²) in [7, 11) is 0. The number of carbonyl (C=O) groups excluding carboxylic acids is 2. The molecule has 0 aliphatic rings. The van der Waals surface area contributed by atoms with E-state index in [1.54, 1.807) is 4.90 Å². The second kappa shape index (κ2) is 6.58. The van der Waals surface area contributed by atoms with Crippen LogP contribution in [0.4, 0.5) is 5.95 Å². The van der Waals surface area contributed by atoms with Crippen LogP contribution in [0.5, 0.6) is 0 Å². The van der Waals surface area contributed by atoms with E-state index in [1.807, 2.05) is 13.8 Å².